The zero-order chi connectivity index (χ0) is 13.8. The van der Waals surface area contributed by atoms with E-state index in [1.807, 2.05) is 0 Å². The van der Waals surface area contributed by atoms with Crippen molar-refractivity contribution in [3.63, 3.8) is 0 Å². The zero-order valence-electron chi connectivity index (χ0n) is 12.8. The summed E-state index contributed by atoms with van der Waals surface area (Å²) >= 11 is 0. The second-order valence-corrected chi connectivity index (χ2v) is 7.13. The molecule has 0 bridgehead atoms. The number of hydrazine groups is 1. The first-order valence-corrected chi connectivity index (χ1v) is 7.42. The van der Waals surface area contributed by atoms with Crippen LogP contribution in [0, 0.1) is 17.3 Å². The van der Waals surface area contributed by atoms with Gasteiger partial charge in [0.2, 0.25) is 0 Å². The van der Waals surface area contributed by atoms with Crippen LogP contribution < -0.4 is 11.3 Å². The van der Waals surface area contributed by atoms with Gasteiger partial charge in [-0.05, 0) is 56.8 Å². The first kappa shape index (κ1) is 15.9. The standard InChI is InChI=1S/C15H32N2O/c1-11(2)18-10-14(17-16)12-6-8-13(9-7-12)15(3,4)5/h11-14,17H,6-10,16H2,1-5H3. The Bertz CT molecular complexity index is 227. The lowest BCUT2D eigenvalue weighted by Gasteiger charge is -2.39. The van der Waals surface area contributed by atoms with Gasteiger partial charge in [-0.2, -0.15) is 0 Å². The molecule has 1 saturated carbocycles. The lowest BCUT2D eigenvalue weighted by molar-refractivity contribution is 0.0349. The van der Waals surface area contributed by atoms with Crippen LogP contribution in [0.2, 0.25) is 0 Å². The highest BCUT2D eigenvalue weighted by Crippen LogP contribution is 2.40. The van der Waals surface area contributed by atoms with E-state index in [1.165, 1.54) is 25.7 Å². The monoisotopic (exact) mass is 256 g/mol. The summed E-state index contributed by atoms with van der Waals surface area (Å²) in [5.41, 5.74) is 3.41. The van der Waals surface area contributed by atoms with Crippen molar-refractivity contribution >= 4 is 0 Å². The highest BCUT2D eigenvalue weighted by Gasteiger charge is 2.32. The second-order valence-electron chi connectivity index (χ2n) is 7.13. The molecule has 1 unspecified atom stereocenters. The van der Waals surface area contributed by atoms with Gasteiger partial charge in [-0.25, -0.2) is 0 Å². The zero-order valence-corrected chi connectivity index (χ0v) is 12.8. The lowest BCUT2D eigenvalue weighted by atomic mass is 9.68. The molecule has 0 aromatic rings. The van der Waals surface area contributed by atoms with Crippen LogP contribution in [-0.2, 0) is 4.74 Å². The number of nitrogens with one attached hydrogen (secondary N) is 1. The number of rotatable bonds is 5. The fourth-order valence-electron chi connectivity index (χ4n) is 3.00. The molecule has 0 aliphatic heterocycles. The van der Waals surface area contributed by atoms with Gasteiger partial charge in [0.05, 0.1) is 12.7 Å². The first-order chi connectivity index (χ1) is 8.34. The molecule has 18 heavy (non-hydrogen) atoms. The summed E-state index contributed by atoms with van der Waals surface area (Å²) in [7, 11) is 0. The molecule has 0 amide bonds. The Morgan fingerprint density at radius 2 is 1.72 bits per heavy atom. The Morgan fingerprint density at radius 3 is 2.11 bits per heavy atom. The van der Waals surface area contributed by atoms with Crippen LogP contribution in [0.1, 0.15) is 60.3 Å². The molecule has 0 radical (unpaired) electrons. The van der Waals surface area contributed by atoms with Crippen LogP contribution >= 0.6 is 0 Å². The molecular formula is C15H32N2O. The molecular weight excluding hydrogens is 224 g/mol. The molecule has 1 atom stereocenters. The van der Waals surface area contributed by atoms with Crippen LogP contribution in [0.15, 0.2) is 0 Å². The lowest BCUT2D eigenvalue weighted by Crippen LogP contribution is -2.46. The molecule has 1 aliphatic rings. The third-order valence-corrected chi connectivity index (χ3v) is 4.39. The van der Waals surface area contributed by atoms with Gasteiger partial charge in [-0.15, -0.1) is 0 Å². The normalized spacial score (nSPS) is 27.5. The van der Waals surface area contributed by atoms with E-state index >= 15 is 0 Å². The maximum Gasteiger partial charge on any atom is 0.0639 e. The predicted molar refractivity (Wildman–Crippen MR) is 77.1 cm³/mol. The van der Waals surface area contributed by atoms with Gasteiger partial charge < -0.3 is 4.74 Å². The largest absolute Gasteiger partial charge is 0.377 e. The minimum absolute atomic E-state index is 0.284. The molecule has 1 fully saturated rings. The van der Waals surface area contributed by atoms with Gasteiger partial charge in [0, 0.05) is 6.04 Å². The number of hydrogen-bond acceptors (Lipinski definition) is 3. The molecule has 0 aromatic heterocycles. The van der Waals surface area contributed by atoms with E-state index < -0.39 is 0 Å². The molecule has 3 heteroatoms. The van der Waals surface area contributed by atoms with Crippen LogP contribution in [0.4, 0.5) is 0 Å². The van der Waals surface area contributed by atoms with Crippen LogP contribution in [0.5, 0.6) is 0 Å². The molecule has 3 N–H and O–H groups in total. The molecule has 1 aliphatic carbocycles. The Morgan fingerprint density at radius 1 is 1.17 bits per heavy atom. The summed E-state index contributed by atoms with van der Waals surface area (Å²) < 4.78 is 5.70. The van der Waals surface area contributed by atoms with E-state index in [9.17, 15) is 0 Å². The topological polar surface area (TPSA) is 47.3 Å². The van der Waals surface area contributed by atoms with Crippen molar-refractivity contribution in [2.75, 3.05) is 6.61 Å². The number of hydrogen-bond donors (Lipinski definition) is 2. The number of ether oxygens (including phenoxy) is 1. The quantitative estimate of drug-likeness (QED) is 0.587. The maximum atomic E-state index is 5.70. The molecule has 108 valence electrons. The van der Waals surface area contributed by atoms with Crippen LogP contribution in [0.3, 0.4) is 0 Å². The summed E-state index contributed by atoms with van der Waals surface area (Å²) in [5.74, 6) is 7.21. The summed E-state index contributed by atoms with van der Waals surface area (Å²) in [6.45, 7) is 12.0. The fraction of sp³-hybridized carbons (Fsp3) is 1.00. The van der Waals surface area contributed by atoms with Crippen LogP contribution in [-0.4, -0.2) is 18.8 Å². The minimum Gasteiger partial charge on any atom is -0.377 e. The van der Waals surface area contributed by atoms with Gasteiger partial charge in [0.15, 0.2) is 0 Å². The SMILES string of the molecule is CC(C)OCC(NN)C1CCC(C(C)(C)C)CC1. The minimum atomic E-state index is 0.284. The van der Waals surface area contributed by atoms with E-state index in [1.54, 1.807) is 0 Å². The molecule has 3 nitrogen and oxygen atoms in total. The van der Waals surface area contributed by atoms with Crippen molar-refractivity contribution in [3.05, 3.63) is 0 Å². The van der Waals surface area contributed by atoms with E-state index in [0.717, 1.165) is 12.5 Å². The summed E-state index contributed by atoms with van der Waals surface area (Å²) in [4.78, 5) is 0. The Balaban J connectivity index is 2.40. The fourth-order valence-corrected chi connectivity index (χ4v) is 3.00. The Kier molecular flexibility index (Phi) is 6.09. The Labute approximate surface area is 113 Å². The average molecular weight is 256 g/mol. The number of nitrogens with two attached hydrogens (primary N) is 1. The van der Waals surface area contributed by atoms with Crippen LogP contribution in [0.25, 0.3) is 0 Å². The first-order valence-electron chi connectivity index (χ1n) is 7.42. The van der Waals surface area contributed by atoms with E-state index in [4.69, 9.17) is 10.6 Å². The Hall–Kier alpha value is -0.120. The van der Waals surface area contributed by atoms with Gasteiger partial charge >= 0.3 is 0 Å². The summed E-state index contributed by atoms with van der Waals surface area (Å²) in [5, 5.41) is 0. The maximum absolute atomic E-state index is 5.70. The highest BCUT2D eigenvalue weighted by molar-refractivity contribution is 4.85. The van der Waals surface area contributed by atoms with E-state index in [2.05, 4.69) is 40.0 Å². The smallest absolute Gasteiger partial charge is 0.0639 e. The summed E-state index contributed by atoms with van der Waals surface area (Å²) in [6.07, 6.45) is 5.49. The van der Waals surface area contributed by atoms with Gasteiger partial charge in [-0.1, -0.05) is 20.8 Å². The van der Waals surface area contributed by atoms with Crippen molar-refractivity contribution in [2.24, 2.45) is 23.1 Å². The average Bonchev–Trinajstić information content (AvgIpc) is 2.29. The predicted octanol–water partition coefficient (Wildman–Crippen LogP) is 3.10. The van der Waals surface area contributed by atoms with Gasteiger partial charge in [-0.3, -0.25) is 11.3 Å². The molecule has 1 rings (SSSR count). The molecule has 0 aromatic carbocycles. The molecule has 0 saturated heterocycles. The molecule has 0 spiro atoms. The third kappa shape index (κ3) is 4.87. The van der Waals surface area contributed by atoms with E-state index in [-0.39, 0.29) is 6.10 Å². The van der Waals surface area contributed by atoms with Crippen molar-refractivity contribution in [1.82, 2.24) is 5.43 Å². The third-order valence-electron chi connectivity index (χ3n) is 4.39. The highest BCUT2D eigenvalue weighted by atomic mass is 16.5. The van der Waals surface area contributed by atoms with Crippen molar-refractivity contribution in [1.29, 1.82) is 0 Å². The van der Waals surface area contributed by atoms with Gasteiger partial charge in [0.25, 0.3) is 0 Å². The summed E-state index contributed by atoms with van der Waals surface area (Å²) in [6, 6.07) is 0.313. The van der Waals surface area contributed by atoms with Crippen molar-refractivity contribution in [3.8, 4) is 0 Å². The van der Waals surface area contributed by atoms with Crippen molar-refractivity contribution in [2.45, 2.75) is 72.4 Å². The molecule has 0 heterocycles. The second kappa shape index (κ2) is 6.88. The van der Waals surface area contributed by atoms with Crippen molar-refractivity contribution < 1.29 is 4.74 Å². The van der Waals surface area contributed by atoms with Gasteiger partial charge in [0.1, 0.15) is 0 Å². The van der Waals surface area contributed by atoms with E-state index in [0.29, 0.717) is 17.4 Å².